The van der Waals surface area contributed by atoms with Crippen molar-refractivity contribution in [2.24, 2.45) is 0 Å². The third-order valence-electron chi connectivity index (χ3n) is 3.47. The highest BCUT2D eigenvalue weighted by atomic mass is 79.9. The minimum atomic E-state index is -0.451. The number of nitrogens with one attached hydrogen (secondary N) is 2. The van der Waals surface area contributed by atoms with Crippen LogP contribution in [0.25, 0.3) is 6.08 Å². The van der Waals surface area contributed by atoms with Crippen LogP contribution in [0.2, 0.25) is 0 Å². The van der Waals surface area contributed by atoms with Gasteiger partial charge in [-0.25, -0.2) is 0 Å². The molecule has 0 saturated carbocycles. The summed E-state index contributed by atoms with van der Waals surface area (Å²) in [7, 11) is 0. The average molecular weight is 411 g/mol. The van der Waals surface area contributed by atoms with Crippen molar-refractivity contribution in [1.82, 2.24) is 5.32 Å². The van der Waals surface area contributed by atoms with E-state index in [0.717, 1.165) is 0 Å². The largest absolute Gasteiger partial charge is 0.465 e. The van der Waals surface area contributed by atoms with Crippen molar-refractivity contribution in [3.63, 3.8) is 0 Å². The van der Waals surface area contributed by atoms with E-state index in [9.17, 15) is 9.59 Å². The smallest absolute Gasteiger partial charge is 0.272 e. The molecule has 130 valence electrons. The Labute approximate surface area is 158 Å². The van der Waals surface area contributed by atoms with E-state index in [2.05, 4.69) is 26.6 Å². The molecule has 2 N–H and O–H groups in total. The first-order valence-corrected chi connectivity index (χ1v) is 8.60. The Bertz CT molecular complexity index is 935. The Balaban J connectivity index is 1.85. The fraction of sp³-hybridized carbons (Fsp3) is 0. The minimum Gasteiger partial charge on any atom is -0.465 e. The Morgan fingerprint density at radius 2 is 1.65 bits per heavy atom. The number of carbonyl (C=O) groups is 2. The summed E-state index contributed by atoms with van der Waals surface area (Å²) in [6.07, 6.45) is 2.97. The minimum absolute atomic E-state index is 0.0737. The van der Waals surface area contributed by atoms with Gasteiger partial charge in [-0.1, -0.05) is 30.3 Å². The lowest BCUT2D eigenvalue weighted by Crippen LogP contribution is -2.30. The summed E-state index contributed by atoms with van der Waals surface area (Å²) in [6, 6.07) is 19.4. The van der Waals surface area contributed by atoms with Crippen LogP contribution in [0.15, 0.2) is 87.6 Å². The molecule has 2 amide bonds. The molecule has 0 fully saturated rings. The summed E-state index contributed by atoms with van der Waals surface area (Å²) in [6.45, 7) is 0. The Morgan fingerprint density at radius 1 is 0.923 bits per heavy atom. The van der Waals surface area contributed by atoms with E-state index in [4.69, 9.17) is 4.42 Å². The zero-order chi connectivity index (χ0) is 18.4. The van der Waals surface area contributed by atoms with Crippen LogP contribution in [-0.4, -0.2) is 11.8 Å². The molecule has 0 aliphatic rings. The van der Waals surface area contributed by atoms with Gasteiger partial charge in [0.15, 0.2) is 0 Å². The molecular weight excluding hydrogens is 396 g/mol. The van der Waals surface area contributed by atoms with Crippen molar-refractivity contribution < 1.29 is 14.0 Å². The van der Waals surface area contributed by atoms with Crippen LogP contribution >= 0.6 is 15.9 Å². The zero-order valence-electron chi connectivity index (χ0n) is 13.6. The van der Waals surface area contributed by atoms with Gasteiger partial charge in [0.25, 0.3) is 11.8 Å². The predicted molar refractivity (Wildman–Crippen MR) is 103 cm³/mol. The summed E-state index contributed by atoms with van der Waals surface area (Å²) in [5.41, 5.74) is 1.12. The van der Waals surface area contributed by atoms with Gasteiger partial charge in [-0.2, -0.15) is 0 Å². The molecule has 0 radical (unpaired) electrons. The molecule has 0 saturated heterocycles. The molecule has 0 aliphatic heterocycles. The highest BCUT2D eigenvalue weighted by Crippen LogP contribution is 2.17. The van der Waals surface area contributed by atoms with E-state index in [1.165, 1.54) is 12.3 Å². The van der Waals surface area contributed by atoms with E-state index in [1.54, 1.807) is 42.5 Å². The molecule has 1 heterocycles. The van der Waals surface area contributed by atoms with Gasteiger partial charge in [0.2, 0.25) is 0 Å². The fourth-order valence-corrected chi connectivity index (χ4v) is 2.69. The number of hydrogen-bond donors (Lipinski definition) is 2. The van der Waals surface area contributed by atoms with Gasteiger partial charge in [0, 0.05) is 16.2 Å². The van der Waals surface area contributed by atoms with Gasteiger partial charge in [0.05, 0.1) is 11.8 Å². The van der Waals surface area contributed by atoms with Crippen LogP contribution in [0.1, 0.15) is 16.1 Å². The van der Waals surface area contributed by atoms with Crippen molar-refractivity contribution in [3.05, 3.63) is 94.5 Å². The number of carbonyl (C=O) groups excluding carboxylic acids is 2. The Morgan fingerprint density at radius 3 is 2.35 bits per heavy atom. The second-order valence-corrected chi connectivity index (χ2v) is 6.18. The van der Waals surface area contributed by atoms with Gasteiger partial charge in [0.1, 0.15) is 11.5 Å². The first-order chi connectivity index (χ1) is 12.6. The molecule has 2 aromatic carbocycles. The maximum absolute atomic E-state index is 12.6. The first-order valence-electron chi connectivity index (χ1n) is 7.81. The van der Waals surface area contributed by atoms with Gasteiger partial charge >= 0.3 is 0 Å². The maximum Gasteiger partial charge on any atom is 0.272 e. The number of para-hydroxylation sites is 1. The molecule has 0 unspecified atom stereocenters. The molecule has 1 aromatic heterocycles. The number of hydrogen-bond acceptors (Lipinski definition) is 3. The van der Waals surface area contributed by atoms with E-state index in [-0.39, 0.29) is 5.70 Å². The van der Waals surface area contributed by atoms with E-state index >= 15 is 0 Å². The fourth-order valence-electron chi connectivity index (χ4n) is 2.23. The van der Waals surface area contributed by atoms with Crippen molar-refractivity contribution >= 4 is 39.5 Å². The molecule has 0 atom stereocenters. The van der Waals surface area contributed by atoms with Crippen molar-refractivity contribution in [3.8, 4) is 0 Å². The Hall–Kier alpha value is -3.12. The van der Waals surface area contributed by atoms with Crippen molar-refractivity contribution in [1.29, 1.82) is 0 Å². The third-order valence-corrected chi connectivity index (χ3v) is 4.16. The number of rotatable bonds is 5. The molecular formula is C20H15BrN2O3. The molecule has 0 aliphatic carbocycles. The zero-order valence-corrected chi connectivity index (χ0v) is 15.2. The number of amides is 2. The van der Waals surface area contributed by atoms with Crippen molar-refractivity contribution in [2.45, 2.75) is 0 Å². The molecule has 26 heavy (non-hydrogen) atoms. The van der Waals surface area contributed by atoms with Gasteiger partial charge in [-0.15, -0.1) is 0 Å². The second-order valence-electron chi connectivity index (χ2n) is 5.33. The molecule has 3 rings (SSSR count). The number of furan rings is 1. The highest BCUT2D eigenvalue weighted by Gasteiger charge is 2.17. The second kappa shape index (κ2) is 8.31. The number of benzene rings is 2. The van der Waals surface area contributed by atoms with Crippen LogP contribution < -0.4 is 10.6 Å². The third kappa shape index (κ3) is 4.49. The van der Waals surface area contributed by atoms with Gasteiger partial charge < -0.3 is 15.1 Å². The quantitative estimate of drug-likeness (QED) is 0.610. The molecule has 0 bridgehead atoms. The summed E-state index contributed by atoms with van der Waals surface area (Å²) < 4.78 is 5.90. The topological polar surface area (TPSA) is 71.3 Å². The monoisotopic (exact) mass is 410 g/mol. The van der Waals surface area contributed by atoms with E-state index < -0.39 is 11.8 Å². The van der Waals surface area contributed by atoms with Crippen LogP contribution in [0.3, 0.4) is 0 Å². The lowest BCUT2D eigenvalue weighted by molar-refractivity contribution is -0.113. The van der Waals surface area contributed by atoms with Gasteiger partial charge in [-0.3, -0.25) is 9.59 Å². The molecule has 0 spiro atoms. The van der Waals surface area contributed by atoms with Crippen molar-refractivity contribution in [2.75, 3.05) is 5.32 Å². The summed E-state index contributed by atoms with van der Waals surface area (Å²) >= 11 is 3.34. The maximum atomic E-state index is 12.6. The van der Waals surface area contributed by atoms with Crippen LogP contribution in [0.5, 0.6) is 0 Å². The summed E-state index contributed by atoms with van der Waals surface area (Å²) in [5.74, 6) is -0.401. The van der Waals surface area contributed by atoms with E-state index in [1.807, 2.05) is 24.3 Å². The predicted octanol–water partition coefficient (Wildman–Crippen LogP) is 4.45. The first kappa shape index (κ1) is 17.7. The number of anilines is 1. The van der Waals surface area contributed by atoms with Crippen LogP contribution in [-0.2, 0) is 4.79 Å². The molecule has 5 nitrogen and oxygen atoms in total. The van der Waals surface area contributed by atoms with Gasteiger partial charge in [-0.05, 0) is 52.3 Å². The number of halogens is 1. The van der Waals surface area contributed by atoms with E-state index in [0.29, 0.717) is 21.5 Å². The normalized spacial score (nSPS) is 11.0. The average Bonchev–Trinajstić information content (AvgIpc) is 3.15. The summed E-state index contributed by atoms with van der Waals surface area (Å²) in [4.78, 5) is 25.2. The molecule has 3 aromatic rings. The Kier molecular flexibility index (Phi) is 5.66. The van der Waals surface area contributed by atoms with Crippen LogP contribution in [0, 0.1) is 0 Å². The lowest BCUT2D eigenvalue weighted by Gasteiger charge is -2.11. The molecule has 6 heteroatoms. The summed E-state index contributed by atoms with van der Waals surface area (Å²) in [5, 5.41) is 5.40. The SMILES string of the molecule is O=C(Nc1ccccc1)C(=Cc1ccco1)NC(=O)c1ccccc1Br. The lowest BCUT2D eigenvalue weighted by atomic mass is 10.2. The highest BCUT2D eigenvalue weighted by molar-refractivity contribution is 9.10. The van der Waals surface area contributed by atoms with Crippen LogP contribution in [0.4, 0.5) is 5.69 Å². The standard InChI is InChI=1S/C20H15BrN2O3/c21-17-11-5-4-10-16(17)19(24)23-18(13-15-9-6-12-26-15)20(25)22-14-7-2-1-3-8-14/h1-13H,(H,22,25)(H,23,24).